The number of rotatable bonds is 12. The van der Waals surface area contributed by atoms with Gasteiger partial charge in [0.05, 0.1) is 19.6 Å². The van der Waals surface area contributed by atoms with Gasteiger partial charge >= 0.3 is 0 Å². The number of ether oxygens (including phenoxy) is 1. The van der Waals surface area contributed by atoms with Crippen LogP contribution in [0.5, 0.6) is 5.88 Å². The minimum Gasteiger partial charge on any atom is -0.478 e. The number of aromatic nitrogens is 3. The fourth-order valence-corrected chi connectivity index (χ4v) is 3.34. The van der Waals surface area contributed by atoms with E-state index in [2.05, 4.69) is 46.2 Å². The minimum atomic E-state index is -0.0390. The van der Waals surface area contributed by atoms with Crippen molar-refractivity contribution in [2.45, 2.75) is 45.6 Å². The molecule has 3 N–H and O–H groups in total. The first-order valence-corrected chi connectivity index (χ1v) is 10.9. The lowest BCUT2D eigenvalue weighted by atomic mass is 10.2. The molecule has 0 fully saturated rings. The Bertz CT molecular complexity index is 871. The van der Waals surface area contributed by atoms with E-state index >= 15 is 0 Å². The smallest absolute Gasteiger partial charge is 0.233 e. The molecule has 0 atom stereocenters. The molecule has 9 heteroatoms. The van der Waals surface area contributed by atoms with Crippen LogP contribution in [0.15, 0.2) is 18.3 Å². The summed E-state index contributed by atoms with van der Waals surface area (Å²) < 4.78 is 5.71. The molecular formula is C22H33N7O2. The highest BCUT2D eigenvalue weighted by atomic mass is 16.5. The maximum atomic E-state index is 12.6. The van der Waals surface area contributed by atoms with Crippen LogP contribution < -0.4 is 20.7 Å². The van der Waals surface area contributed by atoms with Gasteiger partial charge in [0, 0.05) is 24.4 Å². The molecule has 1 amide bonds. The third-order valence-electron chi connectivity index (χ3n) is 5.10. The summed E-state index contributed by atoms with van der Waals surface area (Å²) >= 11 is 0. The molecule has 1 aliphatic heterocycles. The van der Waals surface area contributed by atoms with E-state index in [1.807, 2.05) is 12.1 Å². The second-order valence-electron chi connectivity index (χ2n) is 8.04. The molecular weight excluding hydrogens is 394 g/mol. The third-order valence-corrected chi connectivity index (χ3v) is 5.10. The van der Waals surface area contributed by atoms with Gasteiger partial charge in [-0.3, -0.25) is 9.69 Å². The number of unbranched alkanes of at least 4 members (excludes halogenated alkanes) is 2. The average Bonchev–Trinajstić information content (AvgIpc) is 3.05. The van der Waals surface area contributed by atoms with E-state index in [1.54, 1.807) is 11.1 Å². The number of fused-ring (bicyclic) bond motifs is 1. The summed E-state index contributed by atoms with van der Waals surface area (Å²) in [5.41, 5.74) is 7.69. The molecule has 31 heavy (non-hydrogen) atoms. The van der Waals surface area contributed by atoms with Gasteiger partial charge < -0.3 is 20.7 Å². The average molecular weight is 428 g/mol. The fraction of sp³-hybridized carbons (Fsp3) is 0.545. The summed E-state index contributed by atoms with van der Waals surface area (Å²) in [6.07, 6.45) is 6.11. The maximum Gasteiger partial charge on any atom is 0.233 e. The van der Waals surface area contributed by atoms with Crippen molar-refractivity contribution < 1.29 is 9.53 Å². The van der Waals surface area contributed by atoms with Crippen LogP contribution in [0.4, 0.5) is 17.6 Å². The van der Waals surface area contributed by atoms with Crippen LogP contribution >= 0.6 is 0 Å². The van der Waals surface area contributed by atoms with Crippen molar-refractivity contribution >= 4 is 23.5 Å². The van der Waals surface area contributed by atoms with E-state index in [4.69, 9.17) is 10.5 Å². The summed E-state index contributed by atoms with van der Waals surface area (Å²) in [5, 5.41) is 3.19. The number of nitrogens with two attached hydrogens (primary N) is 1. The van der Waals surface area contributed by atoms with E-state index in [0.29, 0.717) is 42.2 Å². The van der Waals surface area contributed by atoms with E-state index in [-0.39, 0.29) is 12.3 Å². The highest BCUT2D eigenvalue weighted by molar-refractivity contribution is 6.01. The Balaban J connectivity index is 1.61. The van der Waals surface area contributed by atoms with E-state index in [9.17, 15) is 4.79 Å². The zero-order valence-corrected chi connectivity index (χ0v) is 18.7. The number of carbonyl (C=O) groups is 1. The first kappa shape index (κ1) is 22.7. The molecule has 2 aromatic heterocycles. The van der Waals surface area contributed by atoms with Gasteiger partial charge in [-0.25, -0.2) is 4.98 Å². The standard InChI is InChI=1S/C22H33N7O2/c1-4-5-10-24-22-26-20(23)17-13-19(30)29(21(17)27-22)15-16-8-9-18(25-14-16)31-12-7-6-11-28(2)3/h8-9,14H,4-7,10-13,15H2,1-3H3,(H3,23,24,26,27). The van der Waals surface area contributed by atoms with Crippen LogP contribution in [0.25, 0.3) is 0 Å². The SMILES string of the molecule is CCCCNc1nc(N)c2c(n1)N(Cc1ccc(OCCCCN(C)C)nc1)C(=O)C2. The molecule has 0 saturated heterocycles. The number of anilines is 3. The van der Waals surface area contributed by atoms with Crippen LogP contribution in [-0.2, 0) is 17.8 Å². The summed E-state index contributed by atoms with van der Waals surface area (Å²) in [6.45, 7) is 4.96. The van der Waals surface area contributed by atoms with Crippen molar-refractivity contribution in [1.29, 1.82) is 0 Å². The Morgan fingerprint density at radius 2 is 2.06 bits per heavy atom. The zero-order valence-electron chi connectivity index (χ0n) is 18.7. The largest absolute Gasteiger partial charge is 0.478 e. The summed E-state index contributed by atoms with van der Waals surface area (Å²) in [5.74, 6) is 1.95. The van der Waals surface area contributed by atoms with Crippen molar-refractivity contribution in [1.82, 2.24) is 19.9 Å². The molecule has 0 aromatic carbocycles. The third kappa shape index (κ3) is 6.27. The lowest BCUT2D eigenvalue weighted by Gasteiger charge is -2.17. The van der Waals surface area contributed by atoms with E-state index < -0.39 is 0 Å². The second kappa shape index (κ2) is 10.9. The van der Waals surface area contributed by atoms with Gasteiger partial charge in [-0.1, -0.05) is 19.4 Å². The van der Waals surface area contributed by atoms with Crippen LogP contribution in [0, 0.1) is 0 Å². The van der Waals surface area contributed by atoms with Crippen molar-refractivity contribution in [2.75, 3.05) is 49.7 Å². The number of amides is 1. The predicted octanol–water partition coefficient (Wildman–Crippen LogP) is 2.48. The zero-order chi connectivity index (χ0) is 22.2. The van der Waals surface area contributed by atoms with Crippen LogP contribution in [0.2, 0.25) is 0 Å². The molecule has 3 rings (SSSR count). The first-order chi connectivity index (χ1) is 15.0. The molecule has 0 saturated carbocycles. The van der Waals surface area contributed by atoms with E-state index in [1.165, 1.54) is 0 Å². The predicted molar refractivity (Wildman–Crippen MR) is 122 cm³/mol. The summed E-state index contributed by atoms with van der Waals surface area (Å²) in [7, 11) is 4.13. The quantitative estimate of drug-likeness (QED) is 0.497. The Morgan fingerprint density at radius 3 is 2.77 bits per heavy atom. The van der Waals surface area contributed by atoms with E-state index in [0.717, 1.165) is 44.3 Å². The lowest BCUT2D eigenvalue weighted by molar-refractivity contribution is -0.117. The van der Waals surface area contributed by atoms with Gasteiger partial charge in [0.15, 0.2) is 0 Å². The molecule has 0 radical (unpaired) electrons. The van der Waals surface area contributed by atoms with Crippen molar-refractivity contribution in [3.63, 3.8) is 0 Å². The molecule has 9 nitrogen and oxygen atoms in total. The Morgan fingerprint density at radius 1 is 1.23 bits per heavy atom. The normalized spacial score (nSPS) is 13.0. The Kier molecular flexibility index (Phi) is 8.00. The number of carbonyl (C=O) groups excluding carboxylic acids is 1. The molecule has 2 aromatic rings. The fourth-order valence-electron chi connectivity index (χ4n) is 3.34. The molecule has 3 heterocycles. The van der Waals surface area contributed by atoms with Gasteiger partial charge in [0.1, 0.15) is 11.6 Å². The number of nitrogens with one attached hydrogen (secondary N) is 1. The lowest BCUT2D eigenvalue weighted by Crippen LogP contribution is -2.27. The Labute approximate surface area is 184 Å². The number of nitrogen functional groups attached to an aromatic ring is 1. The molecule has 1 aliphatic rings. The van der Waals surface area contributed by atoms with Gasteiger partial charge in [-0.15, -0.1) is 0 Å². The maximum absolute atomic E-state index is 12.6. The van der Waals surface area contributed by atoms with Gasteiger partial charge in [-0.05, 0) is 45.5 Å². The second-order valence-corrected chi connectivity index (χ2v) is 8.04. The summed E-state index contributed by atoms with van der Waals surface area (Å²) in [6, 6.07) is 3.77. The molecule has 0 bridgehead atoms. The molecule has 0 spiro atoms. The van der Waals surface area contributed by atoms with Crippen LogP contribution in [0.3, 0.4) is 0 Å². The van der Waals surface area contributed by atoms with Gasteiger partial charge in [0.2, 0.25) is 17.7 Å². The van der Waals surface area contributed by atoms with Crippen molar-refractivity contribution in [3.8, 4) is 5.88 Å². The summed E-state index contributed by atoms with van der Waals surface area (Å²) in [4.78, 5) is 29.7. The first-order valence-electron chi connectivity index (χ1n) is 10.9. The molecule has 0 aliphatic carbocycles. The van der Waals surface area contributed by atoms with Gasteiger partial charge in [0.25, 0.3) is 0 Å². The molecule has 168 valence electrons. The number of nitrogens with zero attached hydrogens (tertiary/aromatic N) is 5. The van der Waals surface area contributed by atoms with Gasteiger partial charge in [-0.2, -0.15) is 9.97 Å². The monoisotopic (exact) mass is 427 g/mol. The number of hydrogen-bond donors (Lipinski definition) is 2. The Hall–Kier alpha value is -2.94. The molecule has 0 unspecified atom stereocenters. The van der Waals surface area contributed by atoms with Crippen LogP contribution in [-0.4, -0.2) is 59.6 Å². The number of pyridine rings is 1. The highest BCUT2D eigenvalue weighted by Crippen LogP contribution is 2.32. The van der Waals surface area contributed by atoms with Crippen molar-refractivity contribution in [2.24, 2.45) is 0 Å². The topological polar surface area (TPSA) is 110 Å². The highest BCUT2D eigenvalue weighted by Gasteiger charge is 2.32. The number of hydrogen-bond acceptors (Lipinski definition) is 8. The van der Waals surface area contributed by atoms with Crippen molar-refractivity contribution in [3.05, 3.63) is 29.5 Å². The minimum absolute atomic E-state index is 0.0390. The van der Waals surface area contributed by atoms with Crippen LogP contribution in [0.1, 0.15) is 43.7 Å².